The van der Waals surface area contributed by atoms with Crippen molar-refractivity contribution in [3.8, 4) is 5.75 Å². The minimum absolute atomic E-state index is 0.115. The highest BCUT2D eigenvalue weighted by molar-refractivity contribution is 5.67. The minimum atomic E-state index is -4.80. The molecular formula is C11H10F4O3. The Hall–Kier alpha value is -1.79. The first-order valence-corrected chi connectivity index (χ1v) is 4.91. The molecule has 1 aromatic carbocycles. The number of benzene rings is 1. The van der Waals surface area contributed by atoms with E-state index in [9.17, 15) is 22.4 Å². The van der Waals surface area contributed by atoms with E-state index in [1.54, 1.807) is 0 Å². The summed E-state index contributed by atoms with van der Waals surface area (Å²) in [4.78, 5) is 10.3. The van der Waals surface area contributed by atoms with Crippen LogP contribution < -0.4 is 4.74 Å². The molecule has 0 aromatic heterocycles. The summed E-state index contributed by atoms with van der Waals surface area (Å²) in [6.07, 6.45) is -8.47. The molecule has 7 heteroatoms. The highest BCUT2D eigenvalue weighted by Gasteiger charge is 2.43. The van der Waals surface area contributed by atoms with Crippen LogP contribution in [-0.4, -0.2) is 23.4 Å². The predicted molar refractivity (Wildman–Crippen MR) is 53.9 cm³/mol. The Balaban J connectivity index is 2.89. The molecule has 18 heavy (non-hydrogen) atoms. The van der Waals surface area contributed by atoms with Gasteiger partial charge in [-0.2, -0.15) is 13.2 Å². The van der Waals surface area contributed by atoms with Crippen LogP contribution in [0.2, 0.25) is 0 Å². The third-order valence-corrected chi connectivity index (χ3v) is 2.13. The molecule has 0 aliphatic rings. The third-order valence-electron chi connectivity index (χ3n) is 2.13. The standard InChI is InChI=1S/C11H10F4O3/c1-6-4-7(2-3-8(6)12)18-9(5-10(16)17)11(13,14)15/h2-4,9H,5H2,1H3,(H,16,17). The summed E-state index contributed by atoms with van der Waals surface area (Å²) in [5.74, 6) is -2.43. The van der Waals surface area contributed by atoms with Gasteiger partial charge in [-0.25, -0.2) is 4.39 Å². The van der Waals surface area contributed by atoms with Crippen LogP contribution in [0, 0.1) is 12.7 Å². The summed E-state index contributed by atoms with van der Waals surface area (Å²) in [5, 5.41) is 8.38. The molecule has 0 heterocycles. The number of carbonyl (C=O) groups is 1. The second-order valence-electron chi connectivity index (χ2n) is 3.66. The summed E-state index contributed by atoms with van der Waals surface area (Å²) in [7, 11) is 0. The van der Waals surface area contributed by atoms with Crippen molar-refractivity contribution >= 4 is 5.97 Å². The third kappa shape index (κ3) is 3.90. The van der Waals surface area contributed by atoms with Gasteiger partial charge in [-0.05, 0) is 30.7 Å². The van der Waals surface area contributed by atoms with Crippen LogP contribution in [0.3, 0.4) is 0 Å². The number of hydrogen-bond acceptors (Lipinski definition) is 2. The highest BCUT2D eigenvalue weighted by Crippen LogP contribution is 2.28. The summed E-state index contributed by atoms with van der Waals surface area (Å²) in [5.41, 5.74) is 0.115. The molecule has 0 bridgehead atoms. The van der Waals surface area contributed by atoms with Crippen LogP contribution in [0.4, 0.5) is 17.6 Å². The number of hydrogen-bond donors (Lipinski definition) is 1. The van der Waals surface area contributed by atoms with Crippen molar-refractivity contribution in [2.45, 2.75) is 25.6 Å². The van der Waals surface area contributed by atoms with E-state index in [0.29, 0.717) is 0 Å². The predicted octanol–water partition coefficient (Wildman–Crippen LogP) is 2.92. The van der Waals surface area contributed by atoms with Crippen molar-refractivity contribution in [1.29, 1.82) is 0 Å². The lowest BCUT2D eigenvalue weighted by Gasteiger charge is -2.20. The Morgan fingerprint density at radius 2 is 2.06 bits per heavy atom. The number of aryl methyl sites for hydroxylation is 1. The van der Waals surface area contributed by atoms with Gasteiger partial charge >= 0.3 is 12.1 Å². The molecule has 0 amide bonds. The minimum Gasteiger partial charge on any atom is -0.481 e. The van der Waals surface area contributed by atoms with Crippen molar-refractivity contribution in [2.24, 2.45) is 0 Å². The van der Waals surface area contributed by atoms with Crippen molar-refractivity contribution < 1.29 is 32.2 Å². The lowest BCUT2D eigenvalue weighted by atomic mass is 10.2. The smallest absolute Gasteiger partial charge is 0.425 e. The van der Waals surface area contributed by atoms with E-state index in [0.717, 1.165) is 18.2 Å². The second kappa shape index (κ2) is 5.24. The molecule has 3 nitrogen and oxygen atoms in total. The molecule has 100 valence electrons. The van der Waals surface area contributed by atoms with Crippen LogP contribution in [0.25, 0.3) is 0 Å². The van der Waals surface area contributed by atoms with Crippen LogP contribution >= 0.6 is 0 Å². The molecule has 0 radical (unpaired) electrons. The van der Waals surface area contributed by atoms with E-state index >= 15 is 0 Å². The normalized spacial score (nSPS) is 13.2. The van der Waals surface area contributed by atoms with Crippen LogP contribution in [-0.2, 0) is 4.79 Å². The Morgan fingerprint density at radius 3 is 2.50 bits per heavy atom. The Labute approximate surface area is 100.0 Å². The SMILES string of the molecule is Cc1cc(OC(CC(=O)O)C(F)(F)F)ccc1F. The lowest BCUT2D eigenvalue weighted by molar-refractivity contribution is -0.200. The number of carboxylic acids is 1. The lowest BCUT2D eigenvalue weighted by Crippen LogP contribution is -2.36. The largest absolute Gasteiger partial charge is 0.481 e. The monoisotopic (exact) mass is 266 g/mol. The second-order valence-corrected chi connectivity index (χ2v) is 3.66. The molecule has 1 atom stereocenters. The van der Waals surface area contributed by atoms with E-state index < -0.39 is 30.5 Å². The quantitative estimate of drug-likeness (QED) is 0.852. The summed E-state index contributed by atoms with van der Waals surface area (Å²) < 4.78 is 54.9. The maximum Gasteiger partial charge on any atom is 0.425 e. The molecule has 0 saturated carbocycles. The first-order chi connectivity index (χ1) is 8.20. The first kappa shape index (κ1) is 14.3. The van der Waals surface area contributed by atoms with Gasteiger partial charge in [0.2, 0.25) is 6.10 Å². The maximum absolute atomic E-state index is 12.9. The Bertz CT molecular complexity index is 442. The van der Waals surface area contributed by atoms with E-state index in [-0.39, 0.29) is 11.3 Å². The van der Waals surface area contributed by atoms with Crippen molar-refractivity contribution in [3.63, 3.8) is 0 Å². The molecule has 0 aliphatic heterocycles. The molecule has 1 aromatic rings. The van der Waals surface area contributed by atoms with Crippen LogP contribution in [0.15, 0.2) is 18.2 Å². The van der Waals surface area contributed by atoms with E-state index in [4.69, 9.17) is 5.11 Å². The average Bonchev–Trinajstić information content (AvgIpc) is 2.20. The zero-order valence-corrected chi connectivity index (χ0v) is 9.29. The molecule has 0 saturated heterocycles. The van der Waals surface area contributed by atoms with Crippen molar-refractivity contribution in [1.82, 2.24) is 0 Å². The molecule has 1 N–H and O–H groups in total. The fraction of sp³-hybridized carbons (Fsp3) is 0.364. The van der Waals surface area contributed by atoms with Crippen molar-refractivity contribution in [2.75, 3.05) is 0 Å². The Kier molecular flexibility index (Phi) is 4.15. The molecular weight excluding hydrogens is 256 g/mol. The van der Waals surface area contributed by atoms with Gasteiger partial charge in [0.25, 0.3) is 0 Å². The number of alkyl halides is 3. The zero-order valence-electron chi connectivity index (χ0n) is 9.29. The zero-order chi connectivity index (χ0) is 13.9. The van der Waals surface area contributed by atoms with Gasteiger partial charge in [-0.15, -0.1) is 0 Å². The van der Waals surface area contributed by atoms with Gasteiger partial charge in [-0.3, -0.25) is 4.79 Å². The maximum atomic E-state index is 12.9. The Morgan fingerprint density at radius 1 is 1.44 bits per heavy atom. The number of ether oxygens (including phenoxy) is 1. The topological polar surface area (TPSA) is 46.5 Å². The van der Waals surface area contributed by atoms with Gasteiger partial charge < -0.3 is 9.84 Å². The average molecular weight is 266 g/mol. The molecule has 0 spiro atoms. The summed E-state index contributed by atoms with van der Waals surface area (Å²) >= 11 is 0. The van der Waals surface area contributed by atoms with Gasteiger partial charge in [0.15, 0.2) is 0 Å². The van der Waals surface area contributed by atoms with Gasteiger partial charge in [-0.1, -0.05) is 0 Å². The van der Waals surface area contributed by atoms with Gasteiger partial charge in [0.1, 0.15) is 11.6 Å². The van der Waals surface area contributed by atoms with Gasteiger partial charge in [0, 0.05) is 0 Å². The van der Waals surface area contributed by atoms with E-state index in [1.807, 2.05) is 0 Å². The van der Waals surface area contributed by atoms with Crippen molar-refractivity contribution in [3.05, 3.63) is 29.6 Å². The molecule has 1 unspecified atom stereocenters. The number of rotatable bonds is 4. The number of carboxylic acid groups (broad SMARTS) is 1. The van der Waals surface area contributed by atoms with E-state index in [2.05, 4.69) is 4.74 Å². The first-order valence-electron chi connectivity index (χ1n) is 4.91. The summed E-state index contributed by atoms with van der Waals surface area (Å²) in [6, 6.07) is 3.05. The van der Waals surface area contributed by atoms with E-state index in [1.165, 1.54) is 6.92 Å². The van der Waals surface area contributed by atoms with Crippen LogP contribution in [0.1, 0.15) is 12.0 Å². The molecule has 0 aliphatic carbocycles. The summed E-state index contributed by atoms with van der Waals surface area (Å²) in [6.45, 7) is 1.36. The number of halogens is 4. The number of aliphatic carboxylic acids is 1. The van der Waals surface area contributed by atoms with Crippen LogP contribution in [0.5, 0.6) is 5.75 Å². The highest BCUT2D eigenvalue weighted by atomic mass is 19.4. The molecule has 0 fully saturated rings. The molecule has 1 rings (SSSR count). The fourth-order valence-electron chi connectivity index (χ4n) is 1.24. The fourth-order valence-corrected chi connectivity index (χ4v) is 1.24. The van der Waals surface area contributed by atoms with Gasteiger partial charge in [0.05, 0.1) is 6.42 Å².